The van der Waals surface area contributed by atoms with E-state index in [9.17, 15) is 9.18 Å². The molecule has 2 aliphatic rings. The Kier molecular flexibility index (Phi) is 3.32. The summed E-state index contributed by atoms with van der Waals surface area (Å²) in [7, 11) is 0. The average Bonchev–Trinajstić information content (AvgIpc) is 2.95. The predicted molar refractivity (Wildman–Crippen MR) is 107 cm³/mol. The fourth-order valence-corrected chi connectivity index (χ4v) is 4.68. The molecule has 0 radical (unpaired) electrons. The van der Waals surface area contributed by atoms with Crippen LogP contribution in [-0.4, -0.2) is 5.78 Å². The van der Waals surface area contributed by atoms with Gasteiger partial charge in [-0.1, -0.05) is 66.7 Å². The highest BCUT2D eigenvalue weighted by Crippen LogP contribution is 2.57. The van der Waals surface area contributed by atoms with Crippen LogP contribution in [0.4, 0.5) is 4.39 Å². The molecular formula is C25H17FO. The highest BCUT2D eigenvalue weighted by Gasteiger charge is 2.52. The summed E-state index contributed by atoms with van der Waals surface area (Å²) >= 11 is 0. The van der Waals surface area contributed by atoms with E-state index in [0.717, 1.165) is 39.0 Å². The molecule has 1 atom stereocenters. The maximum absolute atomic E-state index is 14.1. The van der Waals surface area contributed by atoms with Crippen molar-refractivity contribution >= 4 is 23.0 Å². The molecule has 2 heteroatoms. The fraction of sp³-hybridized carbons (Fsp3) is 0.0800. The lowest BCUT2D eigenvalue weighted by atomic mass is 9.63. The van der Waals surface area contributed by atoms with Gasteiger partial charge in [-0.15, -0.1) is 0 Å². The number of carbonyl (C=O) groups is 1. The number of benzene rings is 3. The summed E-state index contributed by atoms with van der Waals surface area (Å²) in [6.45, 7) is 1.99. The predicted octanol–water partition coefficient (Wildman–Crippen LogP) is 5.65. The van der Waals surface area contributed by atoms with Gasteiger partial charge in [-0.3, -0.25) is 4.79 Å². The Balaban J connectivity index is 1.96. The van der Waals surface area contributed by atoms with E-state index in [1.807, 2.05) is 67.6 Å². The molecule has 0 aromatic heterocycles. The van der Waals surface area contributed by atoms with E-state index in [2.05, 4.69) is 0 Å². The second-order valence-electron chi connectivity index (χ2n) is 7.09. The van der Waals surface area contributed by atoms with Crippen LogP contribution in [0.5, 0.6) is 0 Å². The quantitative estimate of drug-likeness (QED) is 0.553. The largest absolute Gasteiger partial charge is 0.293 e. The molecule has 1 spiro atoms. The zero-order valence-corrected chi connectivity index (χ0v) is 14.9. The smallest absolute Gasteiger partial charge is 0.175 e. The summed E-state index contributed by atoms with van der Waals surface area (Å²) in [4.78, 5) is 13.5. The molecule has 0 bridgehead atoms. The van der Waals surface area contributed by atoms with E-state index in [1.165, 1.54) is 6.07 Å². The average molecular weight is 352 g/mol. The molecule has 0 N–H and O–H groups in total. The van der Waals surface area contributed by atoms with Gasteiger partial charge in [0.2, 0.25) is 0 Å². The van der Waals surface area contributed by atoms with E-state index < -0.39 is 5.41 Å². The molecule has 2 aliphatic carbocycles. The monoisotopic (exact) mass is 352 g/mol. The lowest BCUT2D eigenvalue weighted by molar-refractivity contribution is -0.116. The maximum Gasteiger partial charge on any atom is 0.175 e. The highest BCUT2D eigenvalue weighted by atomic mass is 19.1. The van der Waals surface area contributed by atoms with Crippen molar-refractivity contribution in [1.29, 1.82) is 0 Å². The SMILES string of the molecule is CC1=C(c2ccccc2)C2(C(=O)C=Cc3ccccc32)c2ccc(F)cc21. The normalized spacial score (nSPS) is 20.1. The minimum Gasteiger partial charge on any atom is -0.293 e. The van der Waals surface area contributed by atoms with Crippen LogP contribution in [0.1, 0.15) is 34.7 Å². The number of carbonyl (C=O) groups excluding carboxylic acids is 1. The van der Waals surface area contributed by atoms with Crippen LogP contribution in [0.2, 0.25) is 0 Å². The lowest BCUT2D eigenvalue weighted by Gasteiger charge is -2.36. The van der Waals surface area contributed by atoms with Gasteiger partial charge in [-0.05, 0) is 64.1 Å². The topological polar surface area (TPSA) is 17.1 Å². The summed E-state index contributed by atoms with van der Waals surface area (Å²) in [5.41, 5.74) is 5.62. The van der Waals surface area contributed by atoms with Crippen LogP contribution in [0.3, 0.4) is 0 Å². The van der Waals surface area contributed by atoms with Gasteiger partial charge in [-0.2, -0.15) is 0 Å². The molecule has 0 heterocycles. The van der Waals surface area contributed by atoms with Crippen molar-refractivity contribution in [2.45, 2.75) is 12.3 Å². The Labute approximate surface area is 157 Å². The van der Waals surface area contributed by atoms with Crippen LogP contribution < -0.4 is 0 Å². The highest BCUT2D eigenvalue weighted by molar-refractivity contribution is 6.22. The molecule has 27 heavy (non-hydrogen) atoms. The van der Waals surface area contributed by atoms with Crippen molar-refractivity contribution in [1.82, 2.24) is 0 Å². The second-order valence-corrected chi connectivity index (χ2v) is 7.09. The van der Waals surface area contributed by atoms with Crippen molar-refractivity contribution < 1.29 is 9.18 Å². The van der Waals surface area contributed by atoms with Crippen molar-refractivity contribution in [3.05, 3.63) is 113 Å². The molecule has 0 aliphatic heterocycles. The molecule has 0 amide bonds. The van der Waals surface area contributed by atoms with Gasteiger partial charge < -0.3 is 0 Å². The molecule has 3 aromatic carbocycles. The number of hydrogen-bond acceptors (Lipinski definition) is 1. The van der Waals surface area contributed by atoms with Crippen LogP contribution in [0.25, 0.3) is 17.2 Å². The third kappa shape index (κ3) is 2.01. The molecule has 5 rings (SSSR count). The first-order chi connectivity index (χ1) is 13.1. The van der Waals surface area contributed by atoms with E-state index in [0.29, 0.717) is 0 Å². The van der Waals surface area contributed by atoms with Crippen molar-refractivity contribution in [2.75, 3.05) is 0 Å². The van der Waals surface area contributed by atoms with Gasteiger partial charge in [0, 0.05) is 0 Å². The van der Waals surface area contributed by atoms with Gasteiger partial charge >= 0.3 is 0 Å². The number of allylic oxidation sites excluding steroid dienone is 3. The summed E-state index contributed by atoms with van der Waals surface area (Å²) in [5, 5.41) is 0. The van der Waals surface area contributed by atoms with Crippen molar-refractivity contribution in [3.63, 3.8) is 0 Å². The number of halogens is 1. The molecule has 130 valence electrons. The third-order valence-electron chi connectivity index (χ3n) is 5.75. The first-order valence-corrected chi connectivity index (χ1v) is 9.03. The summed E-state index contributed by atoms with van der Waals surface area (Å²) in [6, 6.07) is 22.7. The van der Waals surface area contributed by atoms with E-state index in [4.69, 9.17) is 0 Å². The van der Waals surface area contributed by atoms with Gasteiger partial charge in [0.15, 0.2) is 5.78 Å². The van der Waals surface area contributed by atoms with Crippen LogP contribution in [0.15, 0.2) is 78.9 Å². The Morgan fingerprint density at radius 3 is 2.37 bits per heavy atom. The number of rotatable bonds is 1. The van der Waals surface area contributed by atoms with Crippen molar-refractivity contribution in [2.24, 2.45) is 0 Å². The molecule has 0 saturated heterocycles. The molecule has 0 fully saturated rings. The first-order valence-electron chi connectivity index (χ1n) is 9.03. The van der Waals surface area contributed by atoms with Gasteiger partial charge in [0.05, 0.1) is 0 Å². The molecular weight excluding hydrogens is 335 g/mol. The Hall–Kier alpha value is -3.26. The van der Waals surface area contributed by atoms with E-state index in [-0.39, 0.29) is 11.6 Å². The van der Waals surface area contributed by atoms with Gasteiger partial charge in [0.25, 0.3) is 0 Å². The fourth-order valence-electron chi connectivity index (χ4n) is 4.68. The Bertz CT molecular complexity index is 1150. The standard InChI is InChI=1S/C25H17FO/c1-16-20-15-19(26)12-13-22(20)25(24(16)18-8-3-2-4-9-18)21-10-6-5-7-17(21)11-14-23(25)27/h2-15H,1H3. The minimum atomic E-state index is -0.931. The third-order valence-corrected chi connectivity index (χ3v) is 5.75. The maximum atomic E-state index is 14.1. The zero-order chi connectivity index (χ0) is 18.6. The molecule has 3 aromatic rings. The van der Waals surface area contributed by atoms with Gasteiger partial charge in [0.1, 0.15) is 11.2 Å². The number of ketones is 1. The van der Waals surface area contributed by atoms with Crippen molar-refractivity contribution in [3.8, 4) is 0 Å². The summed E-state index contributed by atoms with van der Waals surface area (Å²) in [5.74, 6) is -0.269. The van der Waals surface area contributed by atoms with Crippen LogP contribution >= 0.6 is 0 Å². The molecule has 1 nitrogen and oxygen atoms in total. The zero-order valence-electron chi connectivity index (χ0n) is 14.9. The van der Waals surface area contributed by atoms with Crippen LogP contribution in [-0.2, 0) is 10.2 Å². The second kappa shape index (κ2) is 5.62. The molecule has 1 unspecified atom stereocenters. The Morgan fingerprint density at radius 2 is 1.56 bits per heavy atom. The Morgan fingerprint density at radius 1 is 0.815 bits per heavy atom. The summed E-state index contributed by atoms with van der Waals surface area (Å²) in [6.07, 6.45) is 3.54. The first kappa shape index (κ1) is 16.0. The number of hydrogen-bond donors (Lipinski definition) is 0. The van der Waals surface area contributed by atoms with E-state index >= 15 is 0 Å². The molecule has 0 saturated carbocycles. The lowest BCUT2D eigenvalue weighted by Crippen LogP contribution is -2.38. The number of fused-ring (bicyclic) bond motifs is 4. The minimum absolute atomic E-state index is 0.0183. The van der Waals surface area contributed by atoms with Gasteiger partial charge in [-0.25, -0.2) is 4.39 Å². The van der Waals surface area contributed by atoms with Crippen LogP contribution in [0, 0.1) is 5.82 Å². The van der Waals surface area contributed by atoms with E-state index in [1.54, 1.807) is 18.2 Å². The summed E-state index contributed by atoms with van der Waals surface area (Å²) < 4.78 is 14.1.